The molecule has 1 aromatic carbocycles. The summed E-state index contributed by atoms with van der Waals surface area (Å²) in [7, 11) is -1.44. The molecule has 0 heterocycles. The minimum Gasteiger partial charge on any atom is -0.435 e. The van der Waals surface area contributed by atoms with E-state index in [4.69, 9.17) is 5.14 Å². The predicted molar refractivity (Wildman–Crippen MR) is 72.5 cm³/mol. The summed E-state index contributed by atoms with van der Waals surface area (Å²) in [5.74, 6) is 0.176. The van der Waals surface area contributed by atoms with Crippen molar-refractivity contribution in [1.29, 1.82) is 0 Å². The first-order valence-corrected chi connectivity index (χ1v) is 7.14. The van der Waals surface area contributed by atoms with E-state index in [-0.39, 0.29) is 11.7 Å². The van der Waals surface area contributed by atoms with E-state index in [0.717, 1.165) is 5.56 Å². The van der Waals surface area contributed by atoms with Gasteiger partial charge in [0.15, 0.2) is 0 Å². The normalized spacial score (nSPS) is 15.3. The van der Waals surface area contributed by atoms with Crippen LogP contribution >= 0.6 is 0 Å². The molecular weight excluding hydrogens is 272 g/mol. The Morgan fingerprint density at radius 1 is 1.42 bits per heavy atom. The highest BCUT2D eigenvalue weighted by molar-refractivity contribution is 7.84. The van der Waals surface area contributed by atoms with E-state index in [2.05, 4.69) is 4.74 Å². The molecule has 0 bridgehead atoms. The summed E-state index contributed by atoms with van der Waals surface area (Å²) in [5, 5.41) is 5.44. The topological polar surface area (TPSA) is 52.3 Å². The number of nitrogens with two attached hydrogens (primary N) is 1. The van der Waals surface area contributed by atoms with Gasteiger partial charge in [0.2, 0.25) is 0 Å². The van der Waals surface area contributed by atoms with Gasteiger partial charge >= 0.3 is 6.61 Å². The lowest BCUT2D eigenvalue weighted by atomic mass is 9.91. The first-order chi connectivity index (χ1) is 8.72. The van der Waals surface area contributed by atoms with Gasteiger partial charge in [-0.3, -0.25) is 5.14 Å². The van der Waals surface area contributed by atoms with Gasteiger partial charge < -0.3 is 4.74 Å². The summed E-state index contributed by atoms with van der Waals surface area (Å²) in [6.07, 6.45) is 0.592. The number of halogens is 2. The number of rotatable bonds is 6. The smallest absolute Gasteiger partial charge is 0.387 e. The SMILES string of the molecule is C[C@@H](CC(C)(C)S(N)=O)c1cccc(OC(F)F)c1. The molecule has 0 aliphatic rings. The monoisotopic (exact) mass is 291 g/mol. The molecule has 19 heavy (non-hydrogen) atoms. The lowest BCUT2D eigenvalue weighted by Crippen LogP contribution is -2.33. The maximum Gasteiger partial charge on any atom is 0.387 e. The van der Waals surface area contributed by atoms with E-state index in [1.165, 1.54) is 6.07 Å². The van der Waals surface area contributed by atoms with E-state index in [9.17, 15) is 13.0 Å². The first kappa shape index (κ1) is 16.0. The van der Waals surface area contributed by atoms with Crippen LogP contribution < -0.4 is 9.88 Å². The van der Waals surface area contributed by atoms with Crippen LogP contribution in [0.3, 0.4) is 0 Å². The van der Waals surface area contributed by atoms with Crippen LogP contribution in [-0.2, 0) is 11.0 Å². The van der Waals surface area contributed by atoms with Gasteiger partial charge in [-0.1, -0.05) is 19.1 Å². The van der Waals surface area contributed by atoms with Crippen molar-refractivity contribution < 1.29 is 17.7 Å². The molecule has 2 atom stereocenters. The lowest BCUT2D eigenvalue weighted by Gasteiger charge is -2.25. The number of hydrogen-bond acceptors (Lipinski definition) is 2. The maximum atomic E-state index is 12.2. The summed E-state index contributed by atoms with van der Waals surface area (Å²) >= 11 is 0. The quantitative estimate of drug-likeness (QED) is 0.875. The summed E-state index contributed by atoms with van der Waals surface area (Å²) in [5.41, 5.74) is 0.858. The fourth-order valence-electron chi connectivity index (χ4n) is 1.93. The zero-order valence-corrected chi connectivity index (χ0v) is 12.0. The Balaban J connectivity index is 2.82. The van der Waals surface area contributed by atoms with Crippen molar-refractivity contribution >= 4 is 11.0 Å². The van der Waals surface area contributed by atoms with Crippen molar-refractivity contribution in [3.63, 3.8) is 0 Å². The molecule has 3 nitrogen and oxygen atoms in total. The third-order valence-electron chi connectivity index (χ3n) is 2.99. The Morgan fingerprint density at radius 2 is 2.05 bits per heavy atom. The number of hydrogen-bond donors (Lipinski definition) is 1. The van der Waals surface area contributed by atoms with Crippen LogP contribution in [0.1, 0.15) is 38.7 Å². The number of benzene rings is 1. The largest absolute Gasteiger partial charge is 0.435 e. The van der Waals surface area contributed by atoms with Crippen LogP contribution in [-0.4, -0.2) is 15.6 Å². The van der Waals surface area contributed by atoms with Crippen molar-refractivity contribution in [2.75, 3.05) is 0 Å². The molecule has 0 amide bonds. The molecule has 2 N–H and O–H groups in total. The Kier molecular flexibility index (Phi) is 5.43. The highest BCUT2D eigenvalue weighted by Gasteiger charge is 2.26. The van der Waals surface area contributed by atoms with Gasteiger partial charge in [0, 0.05) is 0 Å². The minimum atomic E-state index is -2.83. The molecule has 0 aliphatic carbocycles. The van der Waals surface area contributed by atoms with Crippen LogP contribution in [0.2, 0.25) is 0 Å². The fourth-order valence-corrected chi connectivity index (χ4v) is 2.35. The number of ether oxygens (including phenoxy) is 1. The van der Waals surface area contributed by atoms with Crippen molar-refractivity contribution in [2.24, 2.45) is 5.14 Å². The Hall–Kier alpha value is -1.01. The van der Waals surface area contributed by atoms with Gasteiger partial charge in [-0.15, -0.1) is 0 Å². The van der Waals surface area contributed by atoms with Crippen LogP contribution in [0.25, 0.3) is 0 Å². The maximum absolute atomic E-state index is 12.2. The van der Waals surface area contributed by atoms with E-state index in [1.54, 1.807) is 12.1 Å². The van der Waals surface area contributed by atoms with Gasteiger partial charge in [-0.2, -0.15) is 8.78 Å². The molecule has 0 aliphatic heterocycles. The molecule has 0 saturated carbocycles. The summed E-state index contributed by atoms with van der Waals surface area (Å²) in [6, 6.07) is 6.55. The second kappa shape index (κ2) is 6.43. The molecule has 0 saturated heterocycles. The summed E-state index contributed by atoms with van der Waals surface area (Å²) < 4.78 is 39.5. The Morgan fingerprint density at radius 3 is 2.58 bits per heavy atom. The van der Waals surface area contributed by atoms with Crippen molar-refractivity contribution in [1.82, 2.24) is 0 Å². The third kappa shape index (κ3) is 4.87. The van der Waals surface area contributed by atoms with Crippen LogP contribution in [0, 0.1) is 0 Å². The molecule has 1 aromatic rings. The number of alkyl halides is 2. The zero-order valence-electron chi connectivity index (χ0n) is 11.2. The predicted octanol–water partition coefficient (Wildman–Crippen LogP) is 3.18. The van der Waals surface area contributed by atoms with Crippen molar-refractivity contribution in [3.05, 3.63) is 29.8 Å². The third-order valence-corrected chi connectivity index (χ3v) is 4.25. The zero-order chi connectivity index (χ0) is 14.6. The average molecular weight is 291 g/mol. The summed E-state index contributed by atoms with van der Waals surface area (Å²) in [4.78, 5) is 0. The molecule has 108 valence electrons. The molecule has 1 rings (SSSR count). The second-order valence-corrected chi connectivity index (χ2v) is 6.81. The Labute approximate surface area is 114 Å². The molecule has 6 heteroatoms. The highest BCUT2D eigenvalue weighted by Crippen LogP contribution is 2.30. The van der Waals surface area contributed by atoms with E-state index in [0.29, 0.717) is 6.42 Å². The molecule has 1 unspecified atom stereocenters. The highest BCUT2D eigenvalue weighted by atomic mass is 32.2. The second-order valence-electron chi connectivity index (χ2n) is 5.11. The van der Waals surface area contributed by atoms with Gasteiger partial charge in [0.1, 0.15) is 5.75 Å². The minimum absolute atomic E-state index is 0.0451. The van der Waals surface area contributed by atoms with Gasteiger partial charge in [-0.05, 0) is 43.9 Å². The van der Waals surface area contributed by atoms with Gasteiger partial charge in [0.05, 0.1) is 15.7 Å². The van der Waals surface area contributed by atoms with Gasteiger partial charge in [0.25, 0.3) is 0 Å². The fraction of sp³-hybridized carbons (Fsp3) is 0.538. The van der Waals surface area contributed by atoms with Gasteiger partial charge in [-0.25, -0.2) is 4.21 Å². The Bertz CT molecular complexity index is 452. The first-order valence-electron chi connectivity index (χ1n) is 5.93. The van der Waals surface area contributed by atoms with E-state index in [1.807, 2.05) is 26.8 Å². The average Bonchev–Trinajstić information content (AvgIpc) is 2.27. The molecule has 0 aromatic heterocycles. The molecule has 0 fully saturated rings. The molecule has 0 spiro atoms. The van der Waals surface area contributed by atoms with Crippen molar-refractivity contribution in [2.45, 2.75) is 44.5 Å². The summed E-state index contributed by atoms with van der Waals surface area (Å²) in [6.45, 7) is 2.74. The van der Waals surface area contributed by atoms with E-state index < -0.39 is 22.3 Å². The van der Waals surface area contributed by atoms with E-state index >= 15 is 0 Å². The van der Waals surface area contributed by atoms with Crippen LogP contribution in [0.4, 0.5) is 8.78 Å². The molecular formula is C13H19F2NO2S. The van der Waals surface area contributed by atoms with Crippen LogP contribution in [0.5, 0.6) is 5.75 Å². The van der Waals surface area contributed by atoms with Crippen LogP contribution in [0.15, 0.2) is 24.3 Å². The molecule has 0 radical (unpaired) electrons. The van der Waals surface area contributed by atoms with Crippen molar-refractivity contribution in [3.8, 4) is 5.75 Å². The lowest BCUT2D eigenvalue weighted by molar-refractivity contribution is -0.0499. The standard InChI is InChI=1S/C13H19F2NO2S/c1-9(8-13(2,3)19(16)17)10-5-4-6-11(7-10)18-12(14)15/h4-7,9,12H,8,16H2,1-3H3/t9-,19?/m0/s1.